The van der Waals surface area contributed by atoms with E-state index in [4.69, 9.17) is 0 Å². The van der Waals surface area contributed by atoms with Crippen molar-refractivity contribution in [1.29, 1.82) is 0 Å². The first-order valence-corrected chi connectivity index (χ1v) is 5.97. The molecule has 0 radical (unpaired) electrons. The second-order valence-electron chi connectivity index (χ2n) is 4.07. The van der Waals surface area contributed by atoms with Gasteiger partial charge in [-0.1, -0.05) is 46.5 Å². The number of hydrogen-bond acceptors (Lipinski definition) is 1. The molecule has 0 aliphatic heterocycles. The van der Waals surface area contributed by atoms with Crippen molar-refractivity contribution in [3.8, 4) is 0 Å². The molecule has 0 saturated heterocycles. The molecule has 0 heterocycles. The third kappa shape index (κ3) is 7.06. The molecular weight excluding hydrogens is 158 g/mol. The summed E-state index contributed by atoms with van der Waals surface area (Å²) < 4.78 is 0. The Morgan fingerprint density at radius 1 is 1.00 bits per heavy atom. The van der Waals surface area contributed by atoms with Crippen molar-refractivity contribution in [2.45, 2.75) is 65.8 Å². The zero-order valence-corrected chi connectivity index (χ0v) is 9.90. The van der Waals surface area contributed by atoms with E-state index in [1.54, 1.807) is 0 Å². The van der Waals surface area contributed by atoms with E-state index < -0.39 is 0 Å². The predicted molar refractivity (Wildman–Crippen MR) is 61.1 cm³/mol. The van der Waals surface area contributed by atoms with Gasteiger partial charge in [-0.3, -0.25) is 0 Å². The lowest BCUT2D eigenvalue weighted by molar-refractivity contribution is 0.409. The largest absolute Gasteiger partial charge is 0.315 e. The first kappa shape index (κ1) is 13.0. The monoisotopic (exact) mass is 185 g/mol. The van der Waals surface area contributed by atoms with Crippen LogP contribution >= 0.6 is 0 Å². The second kappa shape index (κ2) is 8.55. The first-order valence-electron chi connectivity index (χ1n) is 5.97. The molecule has 1 heteroatoms. The van der Waals surface area contributed by atoms with Crippen molar-refractivity contribution in [2.24, 2.45) is 5.92 Å². The molecule has 0 aromatic heterocycles. The molecule has 0 aromatic carbocycles. The third-order valence-corrected chi connectivity index (χ3v) is 2.96. The SMILES string of the molecule is CCNC(C)CCCC(CC)CC. The Morgan fingerprint density at radius 2 is 1.62 bits per heavy atom. The standard InChI is InChI=1S/C12H27N/c1-5-12(6-2)10-8-9-11(4)13-7-3/h11-13H,5-10H2,1-4H3. The predicted octanol–water partition coefficient (Wildman–Crippen LogP) is 3.59. The van der Waals surface area contributed by atoms with Gasteiger partial charge in [-0.25, -0.2) is 0 Å². The number of rotatable bonds is 8. The summed E-state index contributed by atoms with van der Waals surface area (Å²) in [5.41, 5.74) is 0. The van der Waals surface area contributed by atoms with Gasteiger partial charge in [-0.05, 0) is 25.8 Å². The molecule has 1 N–H and O–H groups in total. The Bertz CT molecular complexity index is 97.3. The Labute approximate surface area is 84.3 Å². The fraction of sp³-hybridized carbons (Fsp3) is 1.00. The van der Waals surface area contributed by atoms with Gasteiger partial charge >= 0.3 is 0 Å². The minimum Gasteiger partial charge on any atom is -0.315 e. The Balaban J connectivity index is 3.32. The van der Waals surface area contributed by atoms with Gasteiger partial charge in [-0.2, -0.15) is 0 Å². The average molecular weight is 185 g/mol. The Kier molecular flexibility index (Phi) is 8.53. The van der Waals surface area contributed by atoms with Gasteiger partial charge in [-0.15, -0.1) is 0 Å². The van der Waals surface area contributed by atoms with Crippen molar-refractivity contribution in [3.63, 3.8) is 0 Å². The average Bonchev–Trinajstić information content (AvgIpc) is 2.13. The first-order chi connectivity index (χ1) is 6.24. The van der Waals surface area contributed by atoms with Crippen molar-refractivity contribution in [2.75, 3.05) is 6.54 Å². The lowest BCUT2D eigenvalue weighted by Crippen LogP contribution is -2.25. The molecule has 80 valence electrons. The molecular formula is C12H27N. The molecule has 0 spiro atoms. The minimum atomic E-state index is 0.708. The van der Waals surface area contributed by atoms with E-state index in [2.05, 4.69) is 33.0 Å². The van der Waals surface area contributed by atoms with E-state index in [9.17, 15) is 0 Å². The minimum absolute atomic E-state index is 0.708. The highest BCUT2D eigenvalue weighted by Crippen LogP contribution is 2.16. The summed E-state index contributed by atoms with van der Waals surface area (Å²) in [5, 5.41) is 3.46. The van der Waals surface area contributed by atoms with E-state index in [1.165, 1.54) is 32.1 Å². The van der Waals surface area contributed by atoms with Crippen molar-refractivity contribution >= 4 is 0 Å². The smallest absolute Gasteiger partial charge is 0.00386 e. The van der Waals surface area contributed by atoms with Crippen LogP contribution in [0.25, 0.3) is 0 Å². The zero-order chi connectivity index (χ0) is 10.1. The highest BCUT2D eigenvalue weighted by Gasteiger charge is 2.04. The van der Waals surface area contributed by atoms with Crippen molar-refractivity contribution in [1.82, 2.24) is 5.32 Å². The summed E-state index contributed by atoms with van der Waals surface area (Å²) in [5.74, 6) is 0.967. The molecule has 13 heavy (non-hydrogen) atoms. The molecule has 0 bridgehead atoms. The number of hydrogen-bond donors (Lipinski definition) is 1. The molecule has 0 amide bonds. The molecule has 0 fully saturated rings. The third-order valence-electron chi connectivity index (χ3n) is 2.96. The summed E-state index contributed by atoms with van der Waals surface area (Å²) in [7, 11) is 0. The van der Waals surface area contributed by atoms with Crippen LogP contribution in [-0.2, 0) is 0 Å². The summed E-state index contributed by atoms with van der Waals surface area (Å²) >= 11 is 0. The van der Waals surface area contributed by atoms with Gasteiger partial charge in [0.05, 0.1) is 0 Å². The van der Waals surface area contributed by atoms with Crippen LogP contribution < -0.4 is 5.32 Å². The Morgan fingerprint density at radius 3 is 2.08 bits per heavy atom. The molecule has 1 unspecified atom stereocenters. The quantitative estimate of drug-likeness (QED) is 0.609. The van der Waals surface area contributed by atoms with Gasteiger partial charge in [0.2, 0.25) is 0 Å². The van der Waals surface area contributed by atoms with Gasteiger partial charge in [0.1, 0.15) is 0 Å². The maximum Gasteiger partial charge on any atom is 0.00386 e. The van der Waals surface area contributed by atoms with Gasteiger partial charge < -0.3 is 5.32 Å². The van der Waals surface area contributed by atoms with Crippen LogP contribution in [-0.4, -0.2) is 12.6 Å². The molecule has 1 nitrogen and oxygen atoms in total. The molecule has 0 saturated carbocycles. The molecule has 1 atom stereocenters. The molecule has 0 aromatic rings. The van der Waals surface area contributed by atoms with Crippen LogP contribution in [0.3, 0.4) is 0 Å². The summed E-state index contributed by atoms with van der Waals surface area (Å²) in [4.78, 5) is 0. The van der Waals surface area contributed by atoms with Crippen LogP contribution in [0.15, 0.2) is 0 Å². The normalized spacial score (nSPS) is 13.6. The topological polar surface area (TPSA) is 12.0 Å². The van der Waals surface area contributed by atoms with E-state index >= 15 is 0 Å². The van der Waals surface area contributed by atoms with E-state index in [0.29, 0.717) is 6.04 Å². The lowest BCUT2D eigenvalue weighted by Gasteiger charge is -2.15. The van der Waals surface area contributed by atoms with Crippen LogP contribution in [0.4, 0.5) is 0 Å². The maximum absolute atomic E-state index is 3.46. The van der Waals surface area contributed by atoms with Gasteiger partial charge in [0.25, 0.3) is 0 Å². The lowest BCUT2D eigenvalue weighted by atomic mass is 9.95. The fourth-order valence-electron chi connectivity index (χ4n) is 1.86. The number of nitrogens with one attached hydrogen (secondary N) is 1. The second-order valence-corrected chi connectivity index (χ2v) is 4.07. The molecule has 0 aliphatic carbocycles. The van der Waals surface area contributed by atoms with Gasteiger partial charge in [0.15, 0.2) is 0 Å². The van der Waals surface area contributed by atoms with Crippen LogP contribution in [0.2, 0.25) is 0 Å². The Hall–Kier alpha value is -0.0400. The fourth-order valence-corrected chi connectivity index (χ4v) is 1.86. The molecule has 0 rings (SSSR count). The van der Waals surface area contributed by atoms with Crippen molar-refractivity contribution in [3.05, 3.63) is 0 Å². The van der Waals surface area contributed by atoms with Crippen LogP contribution in [0, 0.1) is 5.92 Å². The summed E-state index contributed by atoms with van der Waals surface area (Å²) in [6.45, 7) is 10.2. The van der Waals surface area contributed by atoms with E-state index in [-0.39, 0.29) is 0 Å². The maximum atomic E-state index is 3.46. The van der Waals surface area contributed by atoms with Crippen LogP contribution in [0.5, 0.6) is 0 Å². The zero-order valence-electron chi connectivity index (χ0n) is 9.90. The van der Waals surface area contributed by atoms with Crippen molar-refractivity contribution < 1.29 is 0 Å². The summed E-state index contributed by atoms with van der Waals surface area (Å²) in [6.07, 6.45) is 6.85. The highest BCUT2D eigenvalue weighted by molar-refractivity contribution is 4.61. The summed E-state index contributed by atoms with van der Waals surface area (Å²) in [6, 6.07) is 0.708. The van der Waals surface area contributed by atoms with Gasteiger partial charge in [0, 0.05) is 6.04 Å². The van der Waals surface area contributed by atoms with E-state index in [0.717, 1.165) is 12.5 Å². The van der Waals surface area contributed by atoms with Crippen LogP contribution in [0.1, 0.15) is 59.8 Å². The van der Waals surface area contributed by atoms with E-state index in [1.807, 2.05) is 0 Å². The highest BCUT2D eigenvalue weighted by atomic mass is 14.9. The molecule has 0 aliphatic rings.